The first-order valence-electron chi connectivity index (χ1n) is 8.74. The molecule has 0 spiro atoms. The fraction of sp³-hybridized carbons (Fsp3) is 0.250. The molecule has 3 aromatic rings. The Morgan fingerprint density at radius 3 is 1.68 bits per heavy atom. The van der Waals surface area contributed by atoms with Crippen LogP contribution in [0.15, 0.2) is 48.5 Å². The van der Waals surface area contributed by atoms with E-state index in [2.05, 4.69) is 77.1 Å². The van der Waals surface area contributed by atoms with Gasteiger partial charge in [0.2, 0.25) is 0 Å². The molecule has 0 aliphatic heterocycles. The van der Waals surface area contributed by atoms with Crippen LogP contribution in [0.25, 0.3) is 22.3 Å². The van der Waals surface area contributed by atoms with Crippen LogP contribution in [0, 0.1) is 34.6 Å². The molecule has 0 saturated carbocycles. The zero-order chi connectivity index (χ0) is 18.1. The van der Waals surface area contributed by atoms with Gasteiger partial charge in [-0.05, 0) is 91.3 Å². The number of aryl methyl sites for hydroxylation is 4. The van der Waals surface area contributed by atoms with Crippen molar-refractivity contribution in [3.8, 4) is 28.0 Å². The maximum absolute atomic E-state index is 5.45. The molecule has 1 heteroatoms. The van der Waals surface area contributed by atoms with Crippen molar-refractivity contribution in [1.82, 2.24) is 0 Å². The monoisotopic (exact) mass is 330 g/mol. The number of hydrogen-bond acceptors (Lipinski definition) is 1. The molecule has 0 aliphatic carbocycles. The molecule has 25 heavy (non-hydrogen) atoms. The van der Waals surface area contributed by atoms with Crippen LogP contribution >= 0.6 is 0 Å². The molecule has 0 radical (unpaired) electrons. The third kappa shape index (κ3) is 3.32. The highest BCUT2D eigenvalue weighted by molar-refractivity contribution is 5.82. The van der Waals surface area contributed by atoms with Crippen LogP contribution in [0.4, 0.5) is 0 Å². The normalized spacial score (nSPS) is 10.8. The fourth-order valence-corrected chi connectivity index (χ4v) is 3.46. The van der Waals surface area contributed by atoms with Gasteiger partial charge in [-0.15, -0.1) is 0 Å². The van der Waals surface area contributed by atoms with Gasteiger partial charge in [0.05, 0.1) is 7.11 Å². The van der Waals surface area contributed by atoms with Crippen molar-refractivity contribution in [2.24, 2.45) is 0 Å². The Labute approximate surface area is 151 Å². The Morgan fingerprint density at radius 2 is 1.08 bits per heavy atom. The van der Waals surface area contributed by atoms with E-state index in [4.69, 9.17) is 4.74 Å². The predicted octanol–water partition coefficient (Wildman–Crippen LogP) is 6.57. The summed E-state index contributed by atoms with van der Waals surface area (Å²) < 4.78 is 5.45. The Balaban J connectivity index is 2.28. The van der Waals surface area contributed by atoms with E-state index in [9.17, 15) is 0 Å². The molecule has 0 aromatic heterocycles. The van der Waals surface area contributed by atoms with E-state index in [-0.39, 0.29) is 0 Å². The molecule has 3 aromatic carbocycles. The maximum Gasteiger partial charge on any atom is 0.119 e. The molecule has 0 atom stereocenters. The molecular weight excluding hydrogens is 304 g/mol. The third-order valence-corrected chi connectivity index (χ3v) is 4.97. The minimum Gasteiger partial charge on any atom is -0.497 e. The quantitative estimate of drug-likeness (QED) is 0.527. The van der Waals surface area contributed by atoms with Crippen molar-refractivity contribution in [3.63, 3.8) is 0 Å². The number of hydrogen-bond donors (Lipinski definition) is 0. The first kappa shape index (κ1) is 17.3. The Bertz CT molecular complexity index is 935. The lowest BCUT2D eigenvalue weighted by molar-refractivity contribution is 0.415. The van der Waals surface area contributed by atoms with Gasteiger partial charge >= 0.3 is 0 Å². The first-order valence-corrected chi connectivity index (χ1v) is 8.74. The van der Waals surface area contributed by atoms with Crippen molar-refractivity contribution in [2.45, 2.75) is 34.6 Å². The Kier molecular flexibility index (Phi) is 4.67. The van der Waals surface area contributed by atoms with E-state index >= 15 is 0 Å². The highest BCUT2D eigenvalue weighted by atomic mass is 16.5. The molecular formula is C24H26O. The summed E-state index contributed by atoms with van der Waals surface area (Å²) in [6, 6.07) is 17.6. The third-order valence-electron chi connectivity index (χ3n) is 4.97. The van der Waals surface area contributed by atoms with E-state index in [1.54, 1.807) is 7.11 Å². The zero-order valence-corrected chi connectivity index (χ0v) is 16.0. The molecule has 0 unspecified atom stereocenters. The van der Waals surface area contributed by atoms with Gasteiger partial charge in [-0.2, -0.15) is 0 Å². The second-order valence-corrected chi connectivity index (χ2v) is 6.98. The second kappa shape index (κ2) is 6.76. The summed E-state index contributed by atoms with van der Waals surface area (Å²) >= 11 is 0. The van der Waals surface area contributed by atoms with Gasteiger partial charge < -0.3 is 4.74 Å². The highest BCUT2D eigenvalue weighted by Crippen LogP contribution is 2.37. The van der Waals surface area contributed by atoms with Gasteiger partial charge in [-0.25, -0.2) is 0 Å². The standard InChI is InChI=1S/C24H26O/c1-15-7-8-17(3)21(11-15)23-12-16(2)13-24(19(23)5)22-14-20(25-6)10-9-18(22)4/h7-14H,1-6H3. The summed E-state index contributed by atoms with van der Waals surface area (Å²) in [6.07, 6.45) is 0. The lowest BCUT2D eigenvalue weighted by Crippen LogP contribution is -1.95. The van der Waals surface area contributed by atoms with Gasteiger partial charge in [0.1, 0.15) is 5.75 Å². The smallest absolute Gasteiger partial charge is 0.119 e. The largest absolute Gasteiger partial charge is 0.497 e. The van der Waals surface area contributed by atoms with Crippen LogP contribution < -0.4 is 4.74 Å². The molecule has 128 valence electrons. The molecule has 1 nitrogen and oxygen atoms in total. The SMILES string of the molecule is COc1ccc(C)c(-c2cc(C)cc(-c3cc(C)ccc3C)c2C)c1. The van der Waals surface area contributed by atoms with Crippen LogP contribution in [0.3, 0.4) is 0 Å². The summed E-state index contributed by atoms with van der Waals surface area (Å²) in [6.45, 7) is 10.9. The molecule has 0 bridgehead atoms. The van der Waals surface area contributed by atoms with Crippen LogP contribution in [-0.2, 0) is 0 Å². The molecule has 3 rings (SSSR count). The van der Waals surface area contributed by atoms with Crippen LogP contribution in [0.1, 0.15) is 27.8 Å². The van der Waals surface area contributed by atoms with Gasteiger partial charge in [-0.3, -0.25) is 0 Å². The summed E-state index contributed by atoms with van der Waals surface area (Å²) in [7, 11) is 1.72. The van der Waals surface area contributed by atoms with Crippen molar-refractivity contribution in [2.75, 3.05) is 7.11 Å². The lowest BCUT2D eigenvalue weighted by Gasteiger charge is -2.18. The molecule has 0 amide bonds. The van der Waals surface area contributed by atoms with E-state index in [0.29, 0.717) is 0 Å². The highest BCUT2D eigenvalue weighted by Gasteiger charge is 2.13. The molecule has 0 fully saturated rings. The molecule has 0 saturated heterocycles. The van der Waals surface area contributed by atoms with Crippen molar-refractivity contribution in [1.29, 1.82) is 0 Å². The molecule has 0 heterocycles. The van der Waals surface area contributed by atoms with Crippen LogP contribution in [0.2, 0.25) is 0 Å². The first-order chi connectivity index (χ1) is 11.9. The zero-order valence-electron chi connectivity index (χ0n) is 16.0. The van der Waals surface area contributed by atoms with Gasteiger partial charge in [0, 0.05) is 0 Å². The van der Waals surface area contributed by atoms with Crippen LogP contribution in [0.5, 0.6) is 5.75 Å². The number of ether oxygens (including phenoxy) is 1. The van der Waals surface area contributed by atoms with E-state index < -0.39 is 0 Å². The van der Waals surface area contributed by atoms with Gasteiger partial charge in [0.25, 0.3) is 0 Å². The number of rotatable bonds is 3. The predicted molar refractivity (Wildman–Crippen MR) is 108 cm³/mol. The average Bonchev–Trinajstić information content (AvgIpc) is 2.59. The molecule has 0 N–H and O–H groups in total. The molecule has 0 aliphatic rings. The van der Waals surface area contributed by atoms with E-state index in [0.717, 1.165) is 5.75 Å². The van der Waals surface area contributed by atoms with Crippen LogP contribution in [-0.4, -0.2) is 7.11 Å². The second-order valence-electron chi connectivity index (χ2n) is 6.98. The van der Waals surface area contributed by atoms with E-state index in [1.165, 1.54) is 50.1 Å². The number of benzene rings is 3. The summed E-state index contributed by atoms with van der Waals surface area (Å²) in [5.41, 5.74) is 11.6. The summed E-state index contributed by atoms with van der Waals surface area (Å²) in [5.74, 6) is 0.898. The topological polar surface area (TPSA) is 9.23 Å². The Hall–Kier alpha value is -2.54. The van der Waals surface area contributed by atoms with Crippen molar-refractivity contribution in [3.05, 3.63) is 76.3 Å². The summed E-state index contributed by atoms with van der Waals surface area (Å²) in [5, 5.41) is 0. The number of methoxy groups -OCH3 is 1. The fourth-order valence-electron chi connectivity index (χ4n) is 3.46. The summed E-state index contributed by atoms with van der Waals surface area (Å²) in [4.78, 5) is 0. The lowest BCUT2D eigenvalue weighted by atomic mass is 9.87. The van der Waals surface area contributed by atoms with E-state index in [1.807, 2.05) is 6.07 Å². The van der Waals surface area contributed by atoms with Crippen molar-refractivity contribution >= 4 is 0 Å². The maximum atomic E-state index is 5.45. The van der Waals surface area contributed by atoms with Gasteiger partial charge in [-0.1, -0.05) is 42.0 Å². The average molecular weight is 330 g/mol. The Morgan fingerprint density at radius 1 is 0.560 bits per heavy atom. The minimum atomic E-state index is 0.898. The van der Waals surface area contributed by atoms with Gasteiger partial charge in [0.15, 0.2) is 0 Å². The van der Waals surface area contributed by atoms with Crippen molar-refractivity contribution < 1.29 is 4.74 Å². The minimum absolute atomic E-state index is 0.898.